The number of pyridine rings is 1. The molecule has 1 heterocycles. The van der Waals surface area contributed by atoms with E-state index in [2.05, 4.69) is 4.98 Å². The van der Waals surface area contributed by atoms with Gasteiger partial charge in [0.05, 0.1) is 19.8 Å². The van der Waals surface area contributed by atoms with Crippen LogP contribution in [0.1, 0.15) is 21.5 Å². The first-order chi connectivity index (χ1) is 10.5. The molecular weight excluding hydrogens is 306 g/mol. The molecule has 0 saturated carbocycles. The smallest absolute Gasteiger partial charge is 0.340 e. The highest BCUT2D eigenvalue weighted by Gasteiger charge is 2.12. The Bertz CT molecular complexity index is 671. The Kier molecular flexibility index (Phi) is 5.22. The summed E-state index contributed by atoms with van der Waals surface area (Å²) in [7, 11) is 3.13. The number of aromatic nitrogens is 1. The van der Waals surface area contributed by atoms with E-state index < -0.39 is 5.97 Å². The maximum absolute atomic E-state index is 12.0. The Hall–Kier alpha value is -2.27. The van der Waals surface area contributed by atoms with Crippen molar-refractivity contribution in [2.45, 2.75) is 13.5 Å². The summed E-state index contributed by atoms with van der Waals surface area (Å²) >= 11 is 5.68. The highest BCUT2D eigenvalue weighted by atomic mass is 35.5. The molecule has 6 heteroatoms. The standard InChI is InChI=1S/C16H16ClNO4/c1-10-6-13(20-2)14(21-3)7-12(10)9-22-16(19)11-4-5-15(17)18-8-11/h4-8H,9H2,1-3H3. The second kappa shape index (κ2) is 7.13. The molecule has 0 radical (unpaired) electrons. The predicted molar refractivity (Wildman–Crippen MR) is 82.6 cm³/mol. The number of carbonyl (C=O) groups is 1. The highest BCUT2D eigenvalue weighted by Crippen LogP contribution is 2.30. The molecule has 0 saturated heterocycles. The zero-order valence-electron chi connectivity index (χ0n) is 12.6. The van der Waals surface area contributed by atoms with Gasteiger partial charge in [-0.2, -0.15) is 0 Å². The van der Waals surface area contributed by atoms with Crippen molar-refractivity contribution < 1.29 is 19.0 Å². The summed E-state index contributed by atoms with van der Waals surface area (Å²) in [6.07, 6.45) is 1.38. The maximum Gasteiger partial charge on any atom is 0.340 e. The van der Waals surface area contributed by atoms with Crippen molar-refractivity contribution >= 4 is 17.6 Å². The number of methoxy groups -OCH3 is 2. The molecule has 0 aliphatic rings. The Balaban J connectivity index is 2.11. The summed E-state index contributed by atoms with van der Waals surface area (Å²) in [5.74, 6) is 0.766. The SMILES string of the molecule is COc1cc(C)c(COC(=O)c2ccc(Cl)nc2)cc1OC. The summed E-state index contributed by atoms with van der Waals surface area (Å²) < 4.78 is 15.8. The van der Waals surface area contributed by atoms with Gasteiger partial charge in [0.2, 0.25) is 0 Å². The van der Waals surface area contributed by atoms with Gasteiger partial charge in [0.15, 0.2) is 11.5 Å². The topological polar surface area (TPSA) is 57.7 Å². The van der Waals surface area contributed by atoms with E-state index in [1.807, 2.05) is 13.0 Å². The number of halogens is 1. The van der Waals surface area contributed by atoms with E-state index >= 15 is 0 Å². The molecule has 5 nitrogen and oxygen atoms in total. The zero-order chi connectivity index (χ0) is 16.1. The molecule has 0 unspecified atom stereocenters. The van der Waals surface area contributed by atoms with E-state index in [9.17, 15) is 4.79 Å². The average Bonchev–Trinajstić information content (AvgIpc) is 2.53. The van der Waals surface area contributed by atoms with Gasteiger partial charge in [-0.3, -0.25) is 0 Å². The predicted octanol–water partition coefficient (Wildman–Crippen LogP) is 3.42. The molecule has 0 N–H and O–H groups in total. The summed E-state index contributed by atoms with van der Waals surface area (Å²) in [6, 6.07) is 6.74. The largest absolute Gasteiger partial charge is 0.493 e. The number of hydrogen-bond acceptors (Lipinski definition) is 5. The third kappa shape index (κ3) is 3.68. The number of ether oxygens (including phenoxy) is 3. The summed E-state index contributed by atoms with van der Waals surface area (Å²) in [5, 5.41) is 0.326. The molecule has 0 spiro atoms. The van der Waals surface area contributed by atoms with E-state index in [4.69, 9.17) is 25.8 Å². The van der Waals surface area contributed by atoms with Gasteiger partial charge in [-0.15, -0.1) is 0 Å². The van der Waals surface area contributed by atoms with E-state index in [0.717, 1.165) is 11.1 Å². The van der Waals surface area contributed by atoms with Crippen molar-refractivity contribution in [1.29, 1.82) is 0 Å². The molecule has 0 fully saturated rings. The molecule has 0 aliphatic carbocycles. The quantitative estimate of drug-likeness (QED) is 0.624. The first-order valence-corrected chi connectivity index (χ1v) is 6.93. The minimum absolute atomic E-state index is 0.133. The molecule has 2 rings (SSSR count). The van der Waals surface area contributed by atoms with Crippen molar-refractivity contribution in [3.05, 3.63) is 52.3 Å². The van der Waals surface area contributed by atoms with Gasteiger partial charge >= 0.3 is 5.97 Å². The zero-order valence-corrected chi connectivity index (χ0v) is 13.3. The fourth-order valence-corrected chi connectivity index (χ4v) is 2.01. The molecule has 0 aliphatic heterocycles. The first kappa shape index (κ1) is 16.1. The van der Waals surface area contributed by atoms with Crippen LogP contribution in [0.2, 0.25) is 5.15 Å². The fraction of sp³-hybridized carbons (Fsp3) is 0.250. The lowest BCUT2D eigenvalue weighted by atomic mass is 10.1. The van der Waals surface area contributed by atoms with Crippen LogP contribution in [0.15, 0.2) is 30.5 Å². The van der Waals surface area contributed by atoms with Crippen LogP contribution in [0.25, 0.3) is 0 Å². The molecule has 22 heavy (non-hydrogen) atoms. The Morgan fingerprint density at radius 3 is 2.45 bits per heavy atom. The Morgan fingerprint density at radius 1 is 1.18 bits per heavy atom. The van der Waals surface area contributed by atoms with Crippen LogP contribution in [0.4, 0.5) is 0 Å². The highest BCUT2D eigenvalue weighted by molar-refractivity contribution is 6.29. The van der Waals surface area contributed by atoms with Crippen LogP contribution in [0, 0.1) is 6.92 Å². The van der Waals surface area contributed by atoms with Crippen molar-refractivity contribution in [1.82, 2.24) is 4.98 Å². The average molecular weight is 322 g/mol. The number of hydrogen-bond donors (Lipinski definition) is 0. The molecule has 0 atom stereocenters. The summed E-state index contributed by atoms with van der Waals surface area (Å²) in [4.78, 5) is 15.8. The second-order valence-electron chi connectivity index (χ2n) is 4.58. The fourth-order valence-electron chi connectivity index (χ4n) is 1.90. The van der Waals surface area contributed by atoms with Gasteiger partial charge in [0, 0.05) is 6.20 Å². The Labute approximate surface area is 133 Å². The lowest BCUT2D eigenvalue weighted by Gasteiger charge is -2.13. The minimum Gasteiger partial charge on any atom is -0.493 e. The number of benzene rings is 1. The second-order valence-corrected chi connectivity index (χ2v) is 4.97. The molecule has 0 amide bonds. The molecule has 0 bridgehead atoms. The van der Waals surface area contributed by atoms with Gasteiger partial charge in [-0.05, 0) is 42.3 Å². The normalized spacial score (nSPS) is 10.2. The lowest BCUT2D eigenvalue weighted by molar-refractivity contribution is 0.0471. The monoisotopic (exact) mass is 321 g/mol. The molecule has 2 aromatic rings. The molecule has 1 aromatic heterocycles. The van der Waals surface area contributed by atoms with Crippen molar-refractivity contribution in [3.8, 4) is 11.5 Å². The van der Waals surface area contributed by atoms with Crippen LogP contribution < -0.4 is 9.47 Å². The van der Waals surface area contributed by atoms with Gasteiger partial charge in [0.25, 0.3) is 0 Å². The van der Waals surface area contributed by atoms with Crippen molar-refractivity contribution in [3.63, 3.8) is 0 Å². The molecular formula is C16H16ClNO4. The van der Waals surface area contributed by atoms with Gasteiger partial charge in [0.1, 0.15) is 11.8 Å². The van der Waals surface area contributed by atoms with Crippen molar-refractivity contribution in [2.75, 3.05) is 14.2 Å². The number of carbonyl (C=O) groups excluding carboxylic acids is 1. The van der Waals surface area contributed by atoms with Crippen LogP contribution >= 0.6 is 11.6 Å². The van der Waals surface area contributed by atoms with Gasteiger partial charge in [-0.25, -0.2) is 9.78 Å². The number of rotatable bonds is 5. The molecule has 1 aromatic carbocycles. The van der Waals surface area contributed by atoms with Gasteiger partial charge in [-0.1, -0.05) is 11.6 Å². The number of nitrogens with zero attached hydrogens (tertiary/aromatic N) is 1. The summed E-state index contributed by atoms with van der Waals surface area (Å²) in [6.45, 7) is 2.04. The third-order valence-corrected chi connectivity index (χ3v) is 3.39. The maximum atomic E-state index is 12.0. The third-order valence-electron chi connectivity index (χ3n) is 3.16. The van der Waals surface area contributed by atoms with E-state index in [0.29, 0.717) is 22.2 Å². The molecule has 116 valence electrons. The number of aryl methyl sites for hydroxylation is 1. The minimum atomic E-state index is -0.460. The Morgan fingerprint density at radius 2 is 1.86 bits per heavy atom. The van der Waals surface area contributed by atoms with Crippen LogP contribution in [-0.4, -0.2) is 25.2 Å². The first-order valence-electron chi connectivity index (χ1n) is 6.55. The summed E-state index contributed by atoms with van der Waals surface area (Å²) in [5.41, 5.74) is 2.13. The van der Waals surface area contributed by atoms with Crippen LogP contribution in [0.3, 0.4) is 0 Å². The van der Waals surface area contributed by atoms with E-state index in [1.54, 1.807) is 32.4 Å². The van der Waals surface area contributed by atoms with E-state index in [1.165, 1.54) is 6.20 Å². The van der Waals surface area contributed by atoms with Crippen molar-refractivity contribution in [2.24, 2.45) is 0 Å². The van der Waals surface area contributed by atoms with Crippen LogP contribution in [-0.2, 0) is 11.3 Å². The van der Waals surface area contributed by atoms with E-state index in [-0.39, 0.29) is 6.61 Å². The number of esters is 1. The lowest BCUT2D eigenvalue weighted by Crippen LogP contribution is -2.07. The van der Waals surface area contributed by atoms with Crippen LogP contribution in [0.5, 0.6) is 11.5 Å². The van der Waals surface area contributed by atoms with Gasteiger partial charge < -0.3 is 14.2 Å².